The number of H-pyrrole nitrogens is 1. The maximum atomic E-state index is 13.4. The van der Waals surface area contributed by atoms with Crippen molar-refractivity contribution in [2.24, 2.45) is 5.92 Å². The Hall–Kier alpha value is -2.47. The molecule has 3 aliphatic heterocycles. The third-order valence-corrected chi connectivity index (χ3v) is 5.68. The minimum absolute atomic E-state index is 0.1000. The fraction of sp³-hybridized carbons (Fsp3) is 0.476. The minimum atomic E-state index is 0.1000. The molecule has 2 bridgehead atoms. The molecule has 3 fully saturated rings. The summed E-state index contributed by atoms with van der Waals surface area (Å²) < 4.78 is 0. The first-order chi connectivity index (χ1) is 13.1. The molecule has 1 amide bonds. The van der Waals surface area contributed by atoms with Crippen molar-refractivity contribution < 1.29 is 4.79 Å². The Kier molecular flexibility index (Phi) is 5.07. The van der Waals surface area contributed by atoms with Crippen LogP contribution in [0.25, 0.3) is 11.4 Å². The van der Waals surface area contributed by atoms with E-state index in [0.29, 0.717) is 23.3 Å². The first kappa shape index (κ1) is 17.9. The highest BCUT2D eigenvalue weighted by atomic mass is 16.2. The maximum Gasteiger partial charge on any atom is 0.254 e. The van der Waals surface area contributed by atoms with Crippen LogP contribution in [0.1, 0.15) is 37.0 Å². The molecule has 1 aromatic carbocycles. The van der Waals surface area contributed by atoms with E-state index in [9.17, 15) is 4.79 Å². The first-order valence-electron chi connectivity index (χ1n) is 9.73. The molecule has 0 unspecified atom stereocenters. The molecule has 2 aromatic rings. The zero-order valence-electron chi connectivity index (χ0n) is 16.1. The Morgan fingerprint density at radius 3 is 2.85 bits per heavy atom. The summed E-state index contributed by atoms with van der Waals surface area (Å²) >= 11 is 0. The maximum absolute atomic E-state index is 13.4. The quantitative estimate of drug-likeness (QED) is 0.846. The molecular formula is C21H27N5O. The van der Waals surface area contributed by atoms with E-state index < -0.39 is 0 Å². The smallest absolute Gasteiger partial charge is 0.254 e. The van der Waals surface area contributed by atoms with E-state index in [1.807, 2.05) is 24.3 Å². The molecule has 3 saturated heterocycles. The molecule has 3 aliphatic rings. The van der Waals surface area contributed by atoms with Crippen molar-refractivity contribution in [3.63, 3.8) is 0 Å². The van der Waals surface area contributed by atoms with Gasteiger partial charge in [-0.15, -0.1) is 0 Å². The summed E-state index contributed by atoms with van der Waals surface area (Å²) in [5.41, 5.74) is 2.87. The van der Waals surface area contributed by atoms with E-state index in [-0.39, 0.29) is 5.91 Å². The first-order valence-corrected chi connectivity index (χ1v) is 9.73. The Labute approximate surface area is 160 Å². The zero-order valence-corrected chi connectivity index (χ0v) is 16.1. The number of piperidine rings is 1. The van der Waals surface area contributed by atoms with Crippen molar-refractivity contribution >= 4 is 5.91 Å². The average molecular weight is 365 g/mol. The number of rotatable bonds is 4. The number of nitrogens with one attached hydrogen (secondary N) is 1. The third-order valence-electron chi connectivity index (χ3n) is 5.68. The largest absolute Gasteiger partial charge is 0.337 e. The van der Waals surface area contributed by atoms with Crippen molar-refractivity contribution in [3.05, 3.63) is 47.8 Å². The Balaban J connectivity index is 1.57. The lowest BCUT2D eigenvalue weighted by Gasteiger charge is -2.35. The molecular weight excluding hydrogens is 338 g/mol. The van der Waals surface area contributed by atoms with Crippen LogP contribution in [-0.4, -0.2) is 63.1 Å². The van der Waals surface area contributed by atoms with Gasteiger partial charge in [-0.3, -0.25) is 14.8 Å². The van der Waals surface area contributed by atoms with E-state index in [0.717, 1.165) is 31.7 Å². The molecule has 0 spiro atoms. The summed E-state index contributed by atoms with van der Waals surface area (Å²) in [6.07, 6.45) is 6.16. The molecule has 0 saturated carbocycles. The van der Waals surface area contributed by atoms with Gasteiger partial charge in [0.15, 0.2) is 5.82 Å². The number of allylic oxidation sites excluding steroid dienone is 1. The van der Waals surface area contributed by atoms with Crippen molar-refractivity contribution in [2.45, 2.75) is 32.7 Å². The fourth-order valence-electron chi connectivity index (χ4n) is 4.25. The number of aromatic amines is 1. The zero-order chi connectivity index (χ0) is 18.8. The Bertz CT molecular complexity index is 825. The number of hydrogen-bond acceptors (Lipinski definition) is 4. The standard InChI is InChI=1S/C21H27N5O/c1-15(2)9-10-25-11-16-7-8-17(25)13-26(12-16)21(27)19-6-4-3-5-18(19)20-22-14-23-24-20/h3-6,9,14,16-17H,7-8,10-13H2,1-2H3,(H,22,23,24)/t16-,17-/m0/s1. The highest BCUT2D eigenvalue weighted by Gasteiger charge is 2.36. The summed E-state index contributed by atoms with van der Waals surface area (Å²) in [4.78, 5) is 22.2. The third kappa shape index (κ3) is 3.81. The number of carbonyl (C=O) groups is 1. The van der Waals surface area contributed by atoms with Gasteiger partial charge < -0.3 is 4.90 Å². The van der Waals surface area contributed by atoms with Crippen LogP contribution in [0.15, 0.2) is 42.2 Å². The molecule has 142 valence electrons. The van der Waals surface area contributed by atoms with E-state index in [1.165, 1.54) is 24.7 Å². The van der Waals surface area contributed by atoms with Gasteiger partial charge in [0.1, 0.15) is 6.33 Å². The van der Waals surface area contributed by atoms with Crippen molar-refractivity contribution in [3.8, 4) is 11.4 Å². The van der Waals surface area contributed by atoms with Crippen molar-refractivity contribution in [2.75, 3.05) is 26.2 Å². The Morgan fingerprint density at radius 2 is 2.07 bits per heavy atom. The lowest BCUT2D eigenvalue weighted by molar-refractivity contribution is 0.0741. The lowest BCUT2D eigenvalue weighted by Crippen LogP contribution is -2.44. The lowest BCUT2D eigenvalue weighted by atomic mass is 9.95. The average Bonchev–Trinajstić information content (AvgIpc) is 3.06. The van der Waals surface area contributed by atoms with Gasteiger partial charge in [0.25, 0.3) is 5.91 Å². The fourth-order valence-corrected chi connectivity index (χ4v) is 4.25. The molecule has 6 heteroatoms. The van der Waals surface area contributed by atoms with Gasteiger partial charge in [-0.05, 0) is 38.7 Å². The van der Waals surface area contributed by atoms with E-state index in [2.05, 4.69) is 44.9 Å². The van der Waals surface area contributed by atoms with Crippen molar-refractivity contribution in [1.82, 2.24) is 25.0 Å². The number of fused-ring (bicyclic) bond motifs is 4. The second-order valence-electron chi connectivity index (χ2n) is 7.92. The van der Waals surface area contributed by atoms with Gasteiger partial charge in [0, 0.05) is 37.8 Å². The molecule has 0 radical (unpaired) electrons. The van der Waals surface area contributed by atoms with Gasteiger partial charge in [-0.25, -0.2) is 4.98 Å². The summed E-state index contributed by atoms with van der Waals surface area (Å²) in [6, 6.07) is 8.12. The normalized spacial score (nSPS) is 22.5. The topological polar surface area (TPSA) is 65.1 Å². The highest BCUT2D eigenvalue weighted by molar-refractivity contribution is 6.00. The van der Waals surface area contributed by atoms with E-state index in [1.54, 1.807) is 0 Å². The van der Waals surface area contributed by atoms with Crippen LogP contribution < -0.4 is 0 Å². The highest BCUT2D eigenvalue weighted by Crippen LogP contribution is 2.30. The van der Waals surface area contributed by atoms with Crippen LogP contribution in [0, 0.1) is 5.92 Å². The van der Waals surface area contributed by atoms with Crippen molar-refractivity contribution in [1.29, 1.82) is 0 Å². The predicted molar refractivity (Wildman–Crippen MR) is 105 cm³/mol. The SMILES string of the molecule is CC(C)=CCN1C[C@@H]2CC[C@H]1CN(C(=O)c1ccccc1-c1ncn[nH]1)C2. The molecule has 5 rings (SSSR count). The summed E-state index contributed by atoms with van der Waals surface area (Å²) in [6.45, 7) is 8.00. The van der Waals surface area contributed by atoms with Gasteiger partial charge in [0.2, 0.25) is 0 Å². The number of amides is 1. The number of hydrogen-bond donors (Lipinski definition) is 1. The van der Waals surface area contributed by atoms with Gasteiger partial charge in [0.05, 0.1) is 5.56 Å². The second kappa shape index (κ2) is 7.64. The number of aromatic nitrogens is 3. The van der Waals surface area contributed by atoms with Crippen LogP contribution >= 0.6 is 0 Å². The number of carbonyl (C=O) groups excluding carboxylic acids is 1. The van der Waals surface area contributed by atoms with Gasteiger partial charge in [-0.2, -0.15) is 5.10 Å². The molecule has 4 heterocycles. The second-order valence-corrected chi connectivity index (χ2v) is 7.92. The van der Waals surface area contributed by atoms with E-state index in [4.69, 9.17) is 0 Å². The molecule has 27 heavy (non-hydrogen) atoms. The molecule has 6 nitrogen and oxygen atoms in total. The molecule has 1 N–H and O–H groups in total. The van der Waals surface area contributed by atoms with Gasteiger partial charge >= 0.3 is 0 Å². The summed E-state index contributed by atoms with van der Waals surface area (Å²) in [5.74, 6) is 1.29. The monoisotopic (exact) mass is 365 g/mol. The number of benzene rings is 1. The van der Waals surface area contributed by atoms with Crippen LogP contribution in [0.5, 0.6) is 0 Å². The number of nitrogens with zero attached hydrogens (tertiary/aromatic N) is 4. The molecule has 2 atom stereocenters. The van der Waals surface area contributed by atoms with Crippen LogP contribution in [0.2, 0.25) is 0 Å². The van der Waals surface area contributed by atoms with E-state index >= 15 is 0 Å². The minimum Gasteiger partial charge on any atom is -0.337 e. The van der Waals surface area contributed by atoms with Crippen LogP contribution in [0.4, 0.5) is 0 Å². The molecule has 1 aromatic heterocycles. The summed E-state index contributed by atoms with van der Waals surface area (Å²) in [7, 11) is 0. The predicted octanol–water partition coefficient (Wildman–Crippen LogP) is 2.97. The summed E-state index contributed by atoms with van der Waals surface area (Å²) in [5, 5.41) is 6.81. The van der Waals surface area contributed by atoms with Gasteiger partial charge in [-0.1, -0.05) is 29.8 Å². The Morgan fingerprint density at radius 1 is 1.22 bits per heavy atom. The van der Waals surface area contributed by atoms with Crippen LogP contribution in [-0.2, 0) is 0 Å². The van der Waals surface area contributed by atoms with Crippen LogP contribution in [0.3, 0.4) is 0 Å². The molecule has 0 aliphatic carbocycles.